The van der Waals surface area contributed by atoms with Crippen LogP contribution < -0.4 is 4.74 Å². The third-order valence-electron chi connectivity index (χ3n) is 2.49. The van der Waals surface area contributed by atoms with Gasteiger partial charge in [-0.15, -0.1) is 0 Å². The summed E-state index contributed by atoms with van der Waals surface area (Å²) in [6.07, 6.45) is 0.185. The largest absolute Gasteiger partial charge is 0.491 e. The number of ether oxygens (including phenoxy) is 2. The van der Waals surface area contributed by atoms with E-state index >= 15 is 0 Å². The van der Waals surface area contributed by atoms with Gasteiger partial charge >= 0.3 is 5.97 Å². The van der Waals surface area contributed by atoms with E-state index in [0.717, 1.165) is 16.9 Å². The van der Waals surface area contributed by atoms with Crippen LogP contribution in [0, 0.1) is 13.8 Å². The second-order valence-corrected chi connectivity index (χ2v) is 4.51. The Morgan fingerprint density at radius 1 is 1.22 bits per heavy atom. The number of hydrogen-bond donors (Lipinski definition) is 1. The van der Waals surface area contributed by atoms with Crippen LogP contribution in [0.15, 0.2) is 12.1 Å². The van der Waals surface area contributed by atoms with Crippen LogP contribution in [-0.2, 0) is 4.74 Å². The second-order valence-electron chi connectivity index (χ2n) is 4.51. The van der Waals surface area contributed by atoms with Gasteiger partial charge in [-0.1, -0.05) is 0 Å². The highest BCUT2D eigenvalue weighted by molar-refractivity contribution is 5.88. The van der Waals surface area contributed by atoms with Gasteiger partial charge in [-0.25, -0.2) is 4.79 Å². The molecule has 100 valence electrons. The van der Waals surface area contributed by atoms with Gasteiger partial charge in [0.25, 0.3) is 0 Å². The van der Waals surface area contributed by atoms with Gasteiger partial charge in [-0.05, 0) is 51.0 Å². The van der Waals surface area contributed by atoms with Gasteiger partial charge in [0.15, 0.2) is 0 Å². The van der Waals surface area contributed by atoms with Crippen molar-refractivity contribution >= 4 is 5.97 Å². The van der Waals surface area contributed by atoms with Crippen LogP contribution in [0.2, 0.25) is 0 Å². The van der Waals surface area contributed by atoms with Crippen molar-refractivity contribution in [2.24, 2.45) is 0 Å². The molecule has 0 bridgehead atoms. The molecule has 0 fully saturated rings. The molecule has 0 spiro atoms. The number of aromatic carboxylic acids is 1. The normalized spacial score (nSPS) is 10.7. The van der Waals surface area contributed by atoms with E-state index in [2.05, 4.69) is 0 Å². The van der Waals surface area contributed by atoms with Crippen LogP contribution in [0.25, 0.3) is 0 Å². The fourth-order valence-electron chi connectivity index (χ4n) is 1.73. The average molecular weight is 252 g/mol. The van der Waals surface area contributed by atoms with Crippen LogP contribution in [0.4, 0.5) is 0 Å². The summed E-state index contributed by atoms with van der Waals surface area (Å²) in [6, 6.07) is 3.24. The third kappa shape index (κ3) is 4.04. The molecular formula is C14H20O4. The van der Waals surface area contributed by atoms with Gasteiger partial charge in [-0.3, -0.25) is 0 Å². The molecule has 1 aromatic carbocycles. The molecule has 0 radical (unpaired) electrons. The first-order valence-corrected chi connectivity index (χ1v) is 6.00. The molecule has 1 aromatic rings. The molecule has 0 aliphatic rings. The van der Waals surface area contributed by atoms with E-state index in [0.29, 0.717) is 13.2 Å². The predicted octanol–water partition coefficient (Wildman–Crippen LogP) is 2.81. The van der Waals surface area contributed by atoms with Crippen LogP contribution in [0.3, 0.4) is 0 Å². The SMILES string of the molecule is Cc1cc(C(=O)O)cc(C)c1OCCOC(C)C. The molecule has 0 saturated carbocycles. The fraction of sp³-hybridized carbons (Fsp3) is 0.500. The fourth-order valence-corrected chi connectivity index (χ4v) is 1.73. The number of rotatable bonds is 6. The lowest BCUT2D eigenvalue weighted by Gasteiger charge is -2.14. The van der Waals surface area contributed by atoms with E-state index in [1.54, 1.807) is 12.1 Å². The Kier molecular flexibility index (Phi) is 5.16. The Bertz CT molecular complexity index is 401. The molecule has 0 saturated heterocycles. The second kappa shape index (κ2) is 6.40. The molecule has 4 heteroatoms. The zero-order valence-electron chi connectivity index (χ0n) is 11.3. The van der Waals surface area contributed by atoms with Crippen LogP contribution in [-0.4, -0.2) is 30.4 Å². The van der Waals surface area contributed by atoms with Gasteiger partial charge in [0.2, 0.25) is 0 Å². The smallest absolute Gasteiger partial charge is 0.335 e. The molecule has 0 aliphatic heterocycles. The van der Waals surface area contributed by atoms with E-state index in [1.807, 2.05) is 27.7 Å². The standard InChI is InChI=1S/C14H20O4/c1-9(2)17-5-6-18-13-10(3)7-12(14(15)16)8-11(13)4/h7-9H,5-6H2,1-4H3,(H,15,16). The minimum Gasteiger partial charge on any atom is -0.491 e. The Labute approximate surface area is 108 Å². The minimum atomic E-state index is -0.920. The molecule has 1 rings (SSSR count). The maximum Gasteiger partial charge on any atom is 0.335 e. The zero-order chi connectivity index (χ0) is 13.7. The molecule has 1 N–H and O–H groups in total. The van der Waals surface area contributed by atoms with Gasteiger partial charge in [-0.2, -0.15) is 0 Å². The van der Waals surface area contributed by atoms with E-state index in [-0.39, 0.29) is 11.7 Å². The summed E-state index contributed by atoms with van der Waals surface area (Å²) in [7, 11) is 0. The molecular weight excluding hydrogens is 232 g/mol. The van der Waals surface area contributed by atoms with Crippen molar-refractivity contribution < 1.29 is 19.4 Å². The monoisotopic (exact) mass is 252 g/mol. The predicted molar refractivity (Wildman–Crippen MR) is 69.5 cm³/mol. The topological polar surface area (TPSA) is 55.8 Å². The Morgan fingerprint density at radius 2 is 1.78 bits per heavy atom. The van der Waals surface area contributed by atoms with Crippen LogP contribution in [0.1, 0.15) is 35.3 Å². The van der Waals surface area contributed by atoms with Crippen LogP contribution in [0.5, 0.6) is 5.75 Å². The number of carboxylic acid groups (broad SMARTS) is 1. The Balaban J connectivity index is 2.69. The Morgan fingerprint density at radius 3 is 2.22 bits per heavy atom. The van der Waals surface area contributed by atoms with E-state index in [4.69, 9.17) is 14.6 Å². The van der Waals surface area contributed by atoms with Crippen LogP contribution >= 0.6 is 0 Å². The van der Waals surface area contributed by atoms with E-state index < -0.39 is 5.97 Å². The molecule has 0 amide bonds. The lowest BCUT2D eigenvalue weighted by molar-refractivity contribution is 0.0549. The summed E-state index contributed by atoms with van der Waals surface area (Å²) in [5, 5.41) is 8.94. The van der Waals surface area contributed by atoms with Gasteiger partial charge in [0.1, 0.15) is 12.4 Å². The van der Waals surface area contributed by atoms with E-state index in [1.165, 1.54) is 0 Å². The van der Waals surface area contributed by atoms with Gasteiger partial charge in [0.05, 0.1) is 18.3 Å². The number of hydrogen-bond acceptors (Lipinski definition) is 3. The molecule has 0 atom stereocenters. The highest BCUT2D eigenvalue weighted by Gasteiger charge is 2.10. The highest BCUT2D eigenvalue weighted by atomic mass is 16.5. The maximum atomic E-state index is 10.9. The van der Waals surface area contributed by atoms with Gasteiger partial charge in [0, 0.05) is 0 Å². The maximum absolute atomic E-state index is 10.9. The molecule has 0 aliphatic carbocycles. The van der Waals surface area contributed by atoms with Crippen molar-refractivity contribution in [2.45, 2.75) is 33.8 Å². The Hall–Kier alpha value is -1.55. The lowest BCUT2D eigenvalue weighted by atomic mass is 10.1. The first-order valence-electron chi connectivity index (χ1n) is 6.00. The summed E-state index contributed by atoms with van der Waals surface area (Å²) in [4.78, 5) is 10.9. The minimum absolute atomic E-state index is 0.185. The summed E-state index contributed by atoms with van der Waals surface area (Å²) >= 11 is 0. The number of aryl methyl sites for hydroxylation is 2. The first kappa shape index (κ1) is 14.5. The quantitative estimate of drug-likeness (QED) is 0.791. The molecule has 18 heavy (non-hydrogen) atoms. The number of carbonyl (C=O) groups is 1. The summed E-state index contributed by atoms with van der Waals surface area (Å²) in [5.41, 5.74) is 1.95. The van der Waals surface area contributed by atoms with Crippen molar-refractivity contribution in [2.75, 3.05) is 13.2 Å². The highest BCUT2D eigenvalue weighted by Crippen LogP contribution is 2.24. The van der Waals surface area contributed by atoms with E-state index in [9.17, 15) is 4.79 Å². The van der Waals surface area contributed by atoms with Crippen molar-refractivity contribution in [3.8, 4) is 5.75 Å². The summed E-state index contributed by atoms with van der Waals surface area (Å²) in [6.45, 7) is 8.62. The van der Waals surface area contributed by atoms with Crippen molar-refractivity contribution in [1.82, 2.24) is 0 Å². The average Bonchev–Trinajstić information content (AvgIpc) is 2.26. The van der Waals surface area contributed by atoms with Crippen molar-refractivity contribution in [3.05, 3.63) is 28.8 Å². The summed E-state index contributed by atoms with van der Waals surface area (Å²) < 4.78 is 11.0. The number of carboxylic acids is 1. The number of benzene rings is 1. The third-order valence-corrected chi connectivity index (χ3v) is 2.49. The van der Waals surface area contributed by atoms with Gasteiger partial charge < -0.3 is 14.6 Å². The summed E-state index contributed by atoms with van der Waals surface area (Å²) in [5.74, 6) is -0.178. The molecule has 0 unspecified atom stereocenters. The molecule has 0 heterocycles. The molecule has 4 nitrogen and oxygen atoms in total. The zero-order valence-corrected chi connectivity index (χ0v) is 11.3. The van der Waals surface area contributed by atoms with Crippen molar-refractivity contribution in [1.29, 1.82) is 0 Å². The lowest BCUT2D eigenvalue weighted by Crippen LogP contribution is -2.12. The molecule has 0 aromatic heterocycles. The first-order chi connectivity index (χ1) is 8.41. The van der Waals surface area contributed by atoms with Crippen molar-refractivity contribution in [3.63, 3.8) is 0 Å².